The monoisotopic (exact) mass is 134 g/mol. The Morgan fingerprint density at radius 3 is 2.90 bits per heavy atom. The highest BCUT2D eigenvalue weighted by atomic mass is 14.0. The van der Waals surface area contributed by atoms with Crippen LogP contribution in [-0.2, 0) is 0 Å². The topological polar surface area (TPSA) is 0 Å². The zero-order valence-corrected chi connectivity index (χ0v) is 6.72. The van der Waals surface area contributed by atoms with E-state index in [9.17, 15) is 0 Å². The third-order valence-electron chi connectivity index (χ3n) is 1.62. The minimum atomic E-state index is 1.13. The normalized spacial score (nSPS) is 17.8. The molecule has 0 bridgehead atoms. The predicted octanol–water partition coefficient (Wildman–Crippen LogP) is 3.23. The highest BCUT2D eigenvalue weighted by Gasteiger charge is 1.97. The summed E-state index contributed by atoms with van der Waals surface area (Å²) in [5.74, 6) is 0. The van der Waals surface area contributed by atoms with Crippen molar-refractivity contribution in [2.24, 2.45) is 0 Å². The van der Waals surface area contributed by atoms with Gasteiger partial charge in [-0.2, -0.15) is 0 Å². The van der Waals surface area contributed by atoms with Crippen LogP contribution in [0.15, 0.2) is 35.5 Å². The highest BCUT2D eigenvalue weighted by molar-refractivity contribution is 5.39. The van der Waals surface area contributed by atoms with Gasteiger partial charge in [-0.1, -0.05) is 36.8 Å². The minimum absolute atomic E-state index is 1.13. The molecule has 10 heavy (non-hydrogen) atoms. The third kappa shape index (κ3) is 1.87. The van der Waals surface area contributed by atoms with Crippen molar-refractivity contribution in [3.63, 3.8) is 0 Å². The highest BCUT2D eigenvalue weighted by Crippen LogP contribution is 2.17. The molecule has 0 heteroatoms. The standard InChI is InChI=1S/C10H14/c1-3-4-5-10-7-6-9(2)8-10/h4-5,7-8H,3,6H2,1-2H3/b5-4+. The first-order chi connectivity index (χ1) is 4.83. The molecular formula is C10H14. The van der Waals surface area contributed by atoms with Crippen molar-refractivity contribution in [2.45, 2.75) is 26.7 Å². The Balaban J connectivity index is 2.51. The maximum atomic E-state index is 2.27. The summed E-state index contributed by atoms with van der Waals surface area (Å²) in [5, 5.41) is 0. The van der Waals surface area contributed by atoms with E-state index in [2.05, 4.69) is 38.2 Å². The predicted molar refractivity (Wildman–Crippen MR) is 45.9 cm³/mol. The largest absolute Gasteiger partial charge is 0.0842 e. The lowest BCUT2D eigenvalue weighted by Gasteiger charge is -1.84. The molecule has 0 atom stereocenters. The van der Waals surface area contributed by atoms with Crippen molar-refractivity contribution in [3.05, 3.63) is 35.5 Å². The van der Waals surface area contributed by atoms with Crippen LogP contribution in [0.5, 0.6) is 0 Å². The maximum Gasteiger partial charge on any atom is -0.0129 e. The van der Waals surface area contributed by atoms with Crippen molar-refractivity contribution >= 4 is 0 Å². The fourth-order valence-corrected chi connectivity index (χ4v) is 1.05. The lowest BCUT2D eigenvalue weighted by molar-refractivity contribution is 1.22. The summed E-state index contributed by atoms with van der Waals surface area (Å²) in [6.45, 7) is 4.33. The van der Waals surface area contributed by atoms with Gasteiger partial charge in [0.2, 0.25) is 0 Å². The molecule has 0 N–H and O–H groups in total. The molecule has 0 aliphatic heterocycles. The van der Waals surface area contributed by atoms with E-state index in [1.165, 1.54) is 11.1 Å². The van der Waals surface area contributed by atoms with Crippen LogP contribution in [0, 0.1) is 0 Å². The Morgan fingerprint density at radius 2 is 2.40 bits per heavy atom. The van der Waals surface area contributed by atoms with Crippen LogP contribution in [0.25, 0.3) is 0 Å². The minimum Gasteiger partial charge on any atom is -0.0842 e. The van der Waals surface area contributed by atoms with Gasteiger partial charge >= 0.3 is 0 Å². The number of hydrogen-bond donors (Lipinski definition) is 0. The molecule has 1 aliphatic rings. The molecule has 0 aromatic carbocycles. The van der Waals surface area contributed by atoms with Crippen molar-refractivity contribution in [1.29, 1.82) is 0 Å². The van der Waals surface area contributed by atoms with Crippen LogP contribution in [-0.4, -0.2) is 0 Å². The van der Waals surface area contributed by atoms with Gasteiger partial charge in [-0.3, -0.25) is 0 Å². The molecule has 0 saturated heterocycles. The van der Waals surface area contributed by atoms with Gasteiger partial charge in [-0.25, -0.2) is 0 Å². The van der Waals surface area contributed by atoms with E-state index in [0.717, 1.165) is 12.8 Å². The van der Waals surface area contributed by atoms with Gasteiger partial charge in [0.05, 0.1) is 0 Å². The molecule has 0 aromatic heterocycles. The molecule has 0 heterocycles. The Labute approximate surface area is 62.9 Å². The van der Waals surface area contributed by atoms with E-state index < -0.39 is 0 Å². The summed E-state index contributed by atoms with van der Waals surface area (Å²) in [7, 11) is 0. The van der Waals surface area contributed by atoms with E-state index in [4.69, 9.17) is 0 Å². The summed E-state index contributed by atoms with van der Waals surface area (Å²) in [6, 6.07) is 0. The average molecular weight is 134 g/mol. The lowest BCUT2D eigenvalue weighted by atomic mass is 10.2. The van der Waals surface area contributed by atoms with Gasteiger partial charge in [0, 0.05) is 0 Å². The molecule has 0 spiro atoms. The van der Waals surface area contributed by atoms with Gasteiger partial charge in [0.25, 0.3) is 0 Å². The molecule has 0 amide bonds. The molecule has 0 unspecified atom stereocenters. The van der Waals surface area contributed by atoms with Gasteiger partial charge in [0.1, 0.15) is 0 Å². The second-order valence-corrected chi connectivity index (χ2v) is 2.71. The van der Waals surface area contributed by atoms with Gasteiger partial charge in [0.15, 0.2) is 0 Å². The Hall–Kier alpha value is -0.780. The summed E-state index contributed by atoms with van der Waals surface area (Å²) in [5.41, 5.74) is 2.84. The molecule has 1 aliphatic carbocycles. The van der Waals surface area contributed by atoms with Crippen LogP contribution >= 0.6 is 0 Å². The lowest BCUT2D eigenvalue weighted by Crippen LogP contribution is -1.63. The Morgan fingerprint density at radius 1 is 1.60 bits per heavy atom. The SMILES string of the molecule is CC/C=C/C1=CCC(C)=C1. The second kappa shape index (κ2) is 3.40. The van der Waals surface area contributed by atoms with Crippen molar-refractivity contribution in [2.75, 3.05) is 0 Å². The molecule has 0 radical (unpaired) electrons. The van der Waals surface area contributed by atoms with E-state index in [1.807, 2.05) is 0 Å². The van der Waals surface area contributed by atoms with Crippen molar-refractivity contribution < 1.29 is 0 Å². The maximum absolute atomic E-state index is 2.27. The Kier molecular flexibility index (Phi) is 2.49. The molecule has 0 saturated carbocycles. The van der Waals surface area contributed by atoms with E-state index in [0.29, 0.717) is 0 Å². The average Bonchev–Trinajstić information content (AvgIpc) is 2.31. The van der Waals surface area contributed by atoms with Gasteiger partial charge in [-0.15, -0.1) is 0 Å². The Bertz CT molecular complexity index is 192. The first-order valence-corrected chi connectivity index (χ1v) is 3.87. The summed E-state index contributed by atoms with van der Waals surface area (Å²) >= 11 is 0. The number of rotatable bonds is 2. The number of allylic oxidation sites excluding steroid dienone is 6. The molecule has 0 fully saturated rings. The van der Waals surface area contributed by atoms with Crippen LogP contribution < -0.4 is 0 Å². The first kappa shape index (κ1) is 7.33. The van der Waals surface area contributed by atoms with Crippen LogP contribution in [0.2, 0.25) is 0 Å². The van der Waals surface area contributed by atoms with E-state index in [-0.39, 0.29) is 0 Å². The van der Waals surface area contributed by atoms with E-state index in [1.54, 1.807) is 0 Å². The zero-order chi connectivity index (χ0) is 7.40. The van der Waals surface area contributed by atoms with Gasteiger partial charge < -0.3 is 0 Å². The molecule has 54 valence electrons. The quantitative estimate of drug-likeness (QED) is 0.544. The summed E-state index contributed by atoms with van der Waals surface area (Å²) in [4.78, 5) is 0. The summed E-state index contributed by atoms with van der Waals surface area (Å²) < 4.78 is 0. The van der Waals surface area contributed by atoms with Crippen LogP contribution in [0.4, 0.5) is 0 Å². The first-order valence-electron chi connectivity index (χ1n) is 3.87. The zero-order valence-electron chi connectivity index (χ0n) is 6.72. The van der Waals surface area contributed by atoms with Crippen LogP contribution in [0.3, 0.4) is 0 Å². The third-order valence-corrected chi connectivity index (χ3v) is 1.62. The number of hydrogen-bond acceptors (Lipinski definition) is 0. The molecular weight excluding hydrogens is 120 g/mol. The fraction of sp³-hybridized carbons (Fsp3) is 0.400. The van der Waals surface area contributed by atoms with Crippen molar-refractivity contribution in [3.8, 4) is 0 Å². The molecule has 0 nitrogen and oxygen atoms in total. The van der Waals surface area contributed by atoms with Crippen molar-refractivity contribution in [1.82, 2.24) is 0 Å². The smallest absolute Gasteiger partial charge is 0.0129 e. The summed E-state index contributed by atoms with van der Waals surface area (Å²) in [6.07, 6.45) is 11.2. The fourth-order valence-electron chi connectivity index (χ4n) is 1.05. The molecule has 0 aromatic rings. The van der Waals surface area contributed by atoms with E-state index >= 15 is 0 Å². The van der Waals surface area contributed by atoms with Gasteiger partial charge in [-0.05, 0) is 25.3 Å². The van der Waals surface area contributed by atoms with Crippen LogP contribution in [0.1, 0.15) is 26.7 Å². The molecule has 1 rings (SSSR count). The second-order valence-electron chi connectivity index (χ2n) is 2.71.